The largest absolute Gasteiger partial charge is 0.133 e. The molecule has 0 amide bonds. The first-order valence-corrected chi connectivity index (χ1v) is 8.20. The van der Waals surface area contributed by atoms with E-state index in [2.05, 4.69) is 0 Å². The van der Waals surface area contributed by atoms with Gasteiger partial charge in [-0.3, -0.25) is 0 Å². The first-order chi connectivity index (χ1) is 6.06. The monoisotopic (exact) mass is 312 g/mol. The van der Waals surface area contributed by atoms with E-state index in [1.165, 1.54) is 10.8 Å². The van der Waals surface area contributed by atoms with E-state index in [4.69, 9.17) is 45.5 Å². The van der Waals surface area contributed by atoms with Crippen LogP contribution in [-0.4, -0.2) is 8.54 Å². The molecule has 0 spiro atoms. The third-order valence-electron chi connectivity index (χ3n) is 3.32. The van der Waals surface area contributed by atoms with Gasteiger partial charge in [0, 0.05) is 20.8 Å². The molecule has 84 valence electrons. The molecule has 1 rings (SSSR count). The zero-order chi connectivity index (χ0) is 11.4. The smallest absolute Gasteiger partial charge is 0.105 e. The molecule has 0 saturated heterocycles. The van der Waals surface area contributed by atoms with Gasteiger partial charge in [-0.25, -0.2) is 0 Å². The molecule has 0 heterocycles. The van der Waals surface area contributed by atoms with Crippen LogP contribution in [0.4, 0.5) is 0 Å². The molecule has 0 N–H and O–H groups in total. The lowest BCUT2D eigenvalue weighted by atomic mass is 9.54. The molecule has 0 nitrogen and oxygen atoms in total. The van der Waals surface area contributed by atoms with Gasteiger partial charge in [-0.1, -0.05) is 38.5 Å². The average Bonchev–Trinajstić information content (AvgIpc) is 2.02. The lowest BCUT2D eigenvalue weighted by Crippen LogP contribution is -2.75. The van der Waals surface area contributed by atoms with Gasteiger partial charge in [0.05, 0.1) is 0 Å². The highest BCUT2D eigenvalue weighted by Crippen LogP contribution is 2.80. The second-order valence-corrected chi connectivity index (χ2v) is 9.60. The fourth-order valence-electron chi connectivity index (χ4n) is 2.16. The molecule has 14 heavy (non-hydrogen) atoms. The van der Waals surface area contributed by atoms with E-state index >= 15 is 0 Å². The molecule has 1 aliphatic carbocycles. The Labute approximate surface area is 113 Å². The third kappa shape index (κ3) is 1.31. The zero-order valence-electron chi connectivity index (χ0n) is 8.33. The van der Waals surface area contributed by atoms with Crippen molar-refractivity contribution in [3.63, 3.8) is 0 Å². The number of rotatable bonds is 2. The Morgan fingerprint density at radius 2 is 1.21 bits per heavy atom. The third-order valence-corrected chi connectivity index (χ3v) is 9.48. The molecule has 1 saturated carbocycles. The van der Waals surface area contributed by atoms with E-state index in [0.29, 0.717) is 0 Å². The minimum atomic E-state index is -0.832. The van der Waals surface area contributed by atoms with Gasteiger partial charge in [-0.2, -0.15) is 0 Å². The molecule has 0 aromatic heterocycles. The maximum absolute atomic E-state index is 6.56. The van der Waals surface area contributed by atoms with Gasteiger partial charge in [0.2, 0.25) is 0 Å². The molecular formula is C8H12Cl4S2. The van der Waals surface area contributed by atoms with Gasteiger partial charge in [0.1, 0.15) is 8.54 Å². The van der Waals surface area contributed by atoms with Gasteiger partial charge >= 0.3 is 0 Å². The van der Waals surface area contributed by atoms with Crippen LogP contribution in [0.25, 0.3) is 0 Å². The molecule has 0 radical (unpaired) electrons. The van der Waals surface area contributed by atoms with E-state index in [1.54, 1.807) is 0 Å². The van der Waals surface area contributed by atoms with E-state index in [1.807, 2.05) is 27.7 Å². The molecule has 1 fully saturated rings. The Hall–Kier alpha value is 1.86. The first-order valence-electron chi connectivity index (χ1n) is 4.09. The molecule has 0 atom stereocenters. The Balaban J connectivity index is 3.11. The highest BCUT2D eigenvalue weighted by atomic mass is 35.7. The fourth-order valence-corrected chi connectivity index (χ4v) is 7.17. The second kappa shape index (κ2) is 3.68. The topological polar surface area (TPSA) is 0 Å². The van der Waals surface area contributed by atoms with Crippen LogP contribution in [-0.2, 0) is 0 Å². The molecule has 0 bridgehead atoms. The van der Waals surface area contributed by atoms with Crippen molar-refractivity contribution in [1.82, 2.24) is 0 Å². The Bertz CT molecular complexity index is 232. The Kier molecular flexibility index (Phi) is 3.66. The summed E-state index contributed by atoms with van der Waals surface area (Å²) in [7, 11) is 8.20. The summed E-state index contributed by atoms with van der Waals surface area (Å²) < 4.78 is -1.38. The fraction of sp³-hybridized carbons (Fsp3) is 1.00. The van der Waals surface area contributed by atoms with Crippen LogP contribution in [0.1, 0.15) is 27.7 Å². The van der Waals surface area contributed by atoms with Crippen LogP contribution in [0, 0.1) is 10.8 Å². The summed E-state index contributed by atoms with van der Waals surface area (Å²) in [5, 5.41) is 0. The highest BCUT2D eigenvalue weighted by molar-refractivity contribution is 8.85. The lowest BCUT2D eigenvalue weighted by Gasteiger charge is -2.70. The number of alkyl halides is 3. The predicted molar refractivity (Wildman–Crippen MR) is 71.6 cm³/mol. The van der Waals surface area contributed by atoms with Crippen molar-refractivity contribution >= 4 is 66.3 Å². The summed E-state index contributed by atoms with van der Waals surface area (Å²) in [5.41, 5.74) is -0.776. The molecule has 6 heteroatoms. The molecule has 0 aromatic rings. The Morgan fingerprint density at radius 1 is 0.857 bits per heavy atom. The first kappa shape index (κ1) is 13.9. The van der Waals surface area contributed by atoms with Gasteiger partial charge in [0.25, 0.3) is 0 Å². The van der Waals surface area contributed by atoms with Crippen molar-refractivity contribution in [2.24, 2.45) is 10.8 Å². The van der Waals surface area contributed by atoms with Crippen molar-refractivity contribution in [3.05, 3.63) is 0 Å². The van der Waals surface area contributed by atoms with E-state index in [9.17, 15) is 0 Å². The summed E-state index contributed by atoms with van der Waals surface area (Å²) >= 11 is 19.2. The zero-order valence-corrected chi connectivity index (χ0v) is 13.0. The highest BCUT2D eigenvalue weighted by Gasteiger charge is 2.80. The minimum Gasteiger partial charge on any atom is -0.105 e. The van der Waals surface area contributed by atoms with Crippen molar-refractivity contribution in [1.29, 1.82) is 0 Å². The van der Waals surface area contributed by atoms with Gasteiger partial charge < -0.3 is 0 Å². The van der Waals surface area contributed by atoms with Crippen molar-refractivity contribution < 1.29 is 0 Å². The minimum absolute atomic E-state index is 0.388. The van der Waals surface area contributed by atoms with Crippen molar-refractivity contribution in [3.8, 4) is 0 Å². The number of hydrogen-bond donors (Lipinski definition) is 0. The number of hydrogen-bond acceptors (Lipinski definition) is 2. The molecule has 1 aliphatic rings. The van der Waals surface area contributed by atoms with E-state index < -0.39 is 8.54 Å². The summed E-state index contributed by atoms with van der Waals surface area (Å²) in [5.74, 6) is 0. The quantitative estimate of drug-likeness (QED) is 0.474. The normalized spacial score (nSPS) is 30.9. The molecule has 0 aromatic carbocycles. The maximum atomic E-state index is 6.56. The average molecular weight is 314 g/mol. The van der Waals surface area contributed by atoms with E-state index in [0.717, 1.165) is 10.0 Å². The van der Waals surface area contributed by atoms with Crippen LogP contribution >= 0.6 is 66.3 Å². The van der Waals surface area contributed by atoms with Crippen LogP contribution < -0.4 is 0 Å². The van der Waals surface area contributed by atoms with E-state index in [-0.39, 0.29) is 10.8 Å². The van der Waals surface area contributed by atoms with Crippen LogP contribution in [0.15, 0.2) is 0 Å². The van der Waals surface area contributed by atoms with Crippen molar-refractivity contribution in [2.75, 3.05) is 0 Å². The molecule has 0 aliphatic heterocycles. The summed E-state index contributed by atoms with van der Waals surface area (Å²) in [4.78, 5) is 0. The lowest BCUT2D eigenvalue weighted by molar-refractivity contribution is -0.0117. The summed E-state index contributed by atoms with van der Waals surface area (Å²) in [6.07, 6.45) is 0. The summed E-state index contributed by atoms with van der Waals surface area (Å²) in [6, 6.07) is 0. The standard InChI is InChI=1S/C8H12Cl4S2/c1-5(2)7(9,10)6(3,4)8(5,11)13-14-12/h1-4H3. The van der Waals surface area contributed by atoms with Gasteiger partial charge in [0.15, 0.2) is 0 Å². The molecule has 0 unspecified atom stereocenters. The van der Waals surface area contributed by atoms with Gasteiger partial charge in [-0.15, -0.1) is 34.8 Å². The SMILES string of the molecule is CC1(C)C(Cl)(Cl)C(C)(C)C1(Cl)SSCl. The second-order valence-electron chi connectivity index (χ2n) is 4.57. The van der Waals surface area contributed by atoms with Crippen LogP contribution in [0.5, 0.6) is 0 Å². The molecular weight excluding hydrogens is 302 g/mol. The van der Waals surface area contributed by atoms with Gasteiger partial charge in [-0.05, 0) is 10.7 Å². The van der Waals surface area contributed by atoms with Crippen molar-refractivity contribution in [2.45, 2.75) is 36.2 Å². The predicted octanol–water partition coefficient (Wildman–Crippen LogP) is 5.70. The summed E-state index contributed by atoms with van der Waals surface area (Å²) in [6.45, 7) is 7.85. The maximum Gasteiger partial charge on any atom is 0.133 e. The Morgan fingerprint density at radius 3 is 1.50 bits per heavy atom. The number of halogens is 4. The van der Waals surface area contributed by atoms with Crippen LogP contribution in [0.3, 0.4) is 0 Å². The van der Waals surface area contributed by atoms with Crippen LogP contribution in [0.2, 0.25) is 0 Å².